The van der Waals surface area contributed by atoms with E-state index < -0.39 is 0 Å². The normalized spacial score (nSPS) is 16.9. The Hall–Kier alpha value is -7.10. The molecule has 62 heavy (non-hydrogen) atoms. The van der Waals surface area contributed by atoms with Crippen molar-refractivity contribution in [3.63, 3.8) is 0 Å². The van der Waals surface area contributed by atoms with Gasteiger partial charge in [0.25, 0.3) is 0 Å². The van der Waals surface area contributed by atoms with Crippen molar-refractivity contribution in [3.8, 4) is 39.3 Å². The first kappa shape index (κ1) is 36.7. The van der Waals surface area contributed by atoms with Gasteiger partial charge in [0, 0.05) is 17.0 Å². The molecule has 0 N–H and O–H groups in total. The summed E-state index contributed by atoms with van der Waals surface area (Å²) < 4.78 is 2.40. The first-order valence-corrected chi connectivity index (χ1v) is 22.4. The van der Waals surface area contributed by atoms with Crippen LogP contribution in [0.2, 0.25) is 0 Å². The molecule has 0 amide bonds. The summed E-state index contributed by atoms with van der Waals surface area (Å²) in [7, 11) is 0. The van der Waals surface area contributed by atoms with Gasteiger partial charge in [0.05, 0.1) is 16.7 Å². The number of hydrogen-bond acceptors (Lipinski definition) is 2. The van der Waals surface area contributed by atoms with Crippen molar-refractivity contribution in [1.29, 1.82) is 0 Å². The highest BCUT2D eigenvalue weighted by Crippen LogP contribution is 2.50. The number of rotatable bonds is 5. The topological polar surface area (TPSA) is 30.2 Å². The Labute approximate surface area is 363 Å². The van der Waals surface area contributed by atoms with Crippen LogP contribution in [0.3, 0.4) is 0 Å². The maximum absolute atomic E-state index is 5.36. The van der Waals surface area contributed by atoms with Gasteiger partial charge in [-0.2, -0.15) is 0 Å². The average molecular weight is 798 g/mol. The maximum atomic E-state index is 5.36. The monoisotopic (exact) mass is 797 g/mol. The number of aromatic nitrogens is 2. The molecule has 12 rings (SSSR count). The van der Waals surface area contributed by atoms with Crippen LogP contribution in [0.1, 0.15) is 65.0 Å². The summed E-state index contributed by atoms with van der Waals surface area (Å²) in [4.78, 5) is 10.7. The van der Waals surface area contributed by atoms with Crippen LogP contribution in [0, 0.1) is 12.8 Å². The van der Waals surface area contributed by atoms with Gasteiger partial charge in [-0.05, 0) is 148 Å². The molecule has 0 fully saturated rings. The van der Waals surface area contributed by atoms with E-state index in [4.69, 9.17) is 9.98 Å². The molecule has 0 saturated heterocycles. The number of imidazole rings is 1. The van der Waals surface area contributed by atoms with E-state index in [1.807, 2.05) is 0 Å². The molecule has 9 aromatic rings. The maximum Gasteiger partial charge on any atom is 0.145 e. The predicted octanol–water partition coefficient (Wildman–Crippen LogP) is 15.1. The lowest BCUT2D eigenvalue weighted by atomic mass is 9.78. The van der Waals surface area contributed by atoms with Crippen molar-refractivity contribution in [2.45, 2.75) is 51.4 Å². The van der Waals surface area contributed by atoms with E-state index in [0.29, 0.717) is 11.8 Å². The molecule has 0 saturated carbocycles. The second-order valence-corrected chi connectivity index (χ2v) is 17.7. The minimum Gasteiger partial charge on any atom is -0.292 e. The fraction of sp³-hybridized carbons (Fsp3) is 0.153. The van der Waals surface area contributed by atoms with Crippen LogP contribution in [-0.4, -0.2) is 15.3 Å². The van der Waals surface area contributed by atoms with Gasteiger partial charge in [-0.1, -0.05) is 163 Å². The third-order valence-electron chi connectivity index (χ3n) is 13.8. The molecule has 3 aliphatic rings. The molecule has 1 aliphatic heterocycles. The molecule has 2 aliphatic carbocycles. The predicted molar refractivity (Wildman–Crippen MR) is 259 cm³/mol. The molecule has 2 unspecified atom stereocenters. The molecule has 2 bridgehead atoms. The SMILES string of the molecule is Cc1cccc2nc(-c3ccccc3)n(-c3ccc4c(-c5ccccc5)c5c(c(-c6ccccc6)c4c3)CC3CC(=C5)CCC4CC(c5ccccc5)=Nc5cccc(c54)C3)c12. The highest BCUT2D eigenvalue weighted by atomic mass is 15.1. The fourth-order valence-corrected chi connectivity index (χ4v) is 11.2. The summed E-state index contributed by atoms with van der Waals surface area (Å²) in [5, 5.41) is 2.57. The van der Waals surface area contributed by atoms with Gasteiger partial charge in [-0.25, -0.2) is 4.98 Å². The van der Waals surface area contributed by atoms with Crippen molar-refractivity contribution in [3.05, 3.63) is 215 Å². The second kappa shape index (κ2) is 15.1. The van der Waals surface area contributed by atoms with Gasteiger partial charge in [-0.3, -0.25) is 9.56 Å². The Morgan fingerprint density at radius 1 is 0.565 bits per heavy atom. The van der Waals surface area contributed by atoms with Crippen LogP contribution in [0.25, 0.3) is 67.2 Å². The lowest BCUT2D eigenvalue weighted by Crippen LogP contribution is -2.16. The molecular weight excluding hydrogens is 751 g/mol. The van der Waals surface area contributed by atoms with E-state index in [-0.39, 0.29) is 0 Å². The minimum atomic E-state index is 0.446. The van der Waals surface area contributed by atoms with E-state index in [1.165, 1.54) is 77.8 Å². The van der Waals surface area contributed by atoms with Crippen LogP contribution in [0.15, 0.2) is 186 Å². The number of aliphatic imine (C=N–C) groups is 1. The molecule has 3 nitrogen and oxygen atoms in total. The molecule has 1 aromatic heterocycles. The molecular formula is C59H47N3. The summed E-state index contributed by atoms with van der Waals surface area (Å²) in [5.74, 6) is 1.85. The molecule has 8 aromatic carbocycles. The van der Waals surface area contributed by atoms with Crippen molar-refractivity contribution in [2.24, 2.45) is 10.9 Å². The van der Waals surface area contributed by atoms with Crippen LogP contribution >= 0.6 is 0 Å². The zero-order chi connectivity index (χ0) is 41.1. The Balaban J connectivity index is 1.10. The van der Waals surface area contributed by atoms with Gasteiger partial charge >= 0.3 is 0 Å². The summed E-state index contributed by atoms with van der Waals surface area (Å²) in [6.07, 6.45) is 8.97. The zero-order valence-electron chi connectivity index (χ0n) is 35.1. The van der Waals surface area contributed by atoms with Crippen molar-refractivity contribution in [1.82, 2.24) is 9.55 Å². The number of para-hydroxylation sites is 1. The van der Waals surface area contributed by atoms with Crippen LogP contribution in [-0.2, 0) is 12.8 Å². The first-order chi connectivity index (χ1) is 30.6. The summed E-state index contributed by atoms with van der Waals surface area (Å²) in [5.41, 5.74) is 21.9. The molecule has 2 atom stereocenters. The Morgan fingerprint density at radius 3 is 1.98 bits per heavy atom. The number of aryl methyl sites for hydroxylation is 1. The van der Waals surface area contributed by atoms with Gasteiger partial charge in [0.15, 0.2) is 0 Å². The number of allylic oxidation sites excluding steroid dienone is 1. The fourth-order valence-electron chi connectivity index (χ4n) is 11.2. The third-order valence-corrected chi connectivity index (χ3v) is 13.8. The molecule has 2 heterocycles. The Bertz CT molecular complexity index is 3230. The number of hydrogen-bond donors (Lipinski definition) is 0. The van der Waals surface area contributed by atoms with Crippen LogP contribution in [0.5, 0.6) is 0 Å². The zero-order valence-corrected chi connectivity index (χ0v) is 35.1. The molecule has 298 valence electrons. The van der Waals surface area contributed by atoms with Crippen molar-refractivity contribution < 1.29 is 0 Å². The smallest absolute Gasteiger partial charge is 0.145 e. The average Bonchev–Trinajstić information content (AvgIpc) is 3.66. The molecule has 3 heteroatoms. The summed E-state index contributed by atoms with van der Waals surface area (Å²) >= 11 is 0. The second-order valence-electron chi connectivity index (χ2n) is 17.7. The van der Waals surface area contributed by atoms with Gasteiger partial charge < -0.3 is 0 Å². The summed E-state index contributed by atoms with van der Waals surface area (Å²) in [6, 6.07) is 64.5. The number of nitrogens with zero attached hydrogens (tertiary/aromatic N) is 3. The van der Waals surface area contributed by atoms with Crippen molar-refractivity contribution in [2.75, 3.05) is 0 Å². The molecule has 0 spiro atoms. The lowest BCUT2D eigenvalue weighted by Gasteiger charge is -2.28. The number of benzene rings is 8. The largest absolute Gasteiger partial charge is 0.292 e. The third kappa shape index (κ3) is 6.26. The van der Waals surface area contributed by atoms with E-state index >= 15 is 0 Å². The first-order valence-electron chi connectivity index (χ1n) is 22.4. The van der Waals surface area contributed by atoms with Crippen LogP contribution in [0.4, 0.5) is 5.69 Å². The summed E-state index contributed by atoms with van der Waals surface area (Å²) in [6.45, 7) is 2.21. The minimum absolute atomic E-state index is 0.446. The van der Waals surface area contributed by atoms with Crippen LogP contribution < -0.4 is 0 Å². The lowest BCUT2D eigenvalue weighted by molar-refractivity contribution is 0.516. The highest BCUT2D eigenvalue weighted by molar-refractivity contribution is 6.11. The van der Waals surface area contributed by atoms with Gasteiger partial charge in [-0.15, -0.1) is 0 Å². The quantitative estimate of drug-likeness (QED) is 0.171. The van der Waals surface area contributed by atoms with Crippen molar-refractivity contribution >= 4 is 39.3 Å². The Kier molecular flexibility index (Phi) is 8.95. The standard InChI is InChI=1S/C59H47N3/c1-38-16-14-27-53-58(38)62(59(61-53)44-23-12-5-13-24-44)47-30-31-48-51(37-47)57(43-21-10-4-11-22-43)50-35-40-32-39(34-49(50)56(48)42-19-8-3-9-20-42)28-29-46-36-54(41-17-6-2-7-18-41)60-52-26-15-25-45(33-40)55(46)52/h2-27,30-31,34,37,40,46H,28-29,32-33,35-36H2,1H3. The van der Waals surface area contributed by atoms with E-state index in [2.05, 4.69) is 193 Å². The van der Waals surface area contributed by atoms with E-state index in [1.54, 1.807) is 5.57 Å². The molecule has 0 radical (unpaired) electrons. The van der Waals surface area contributed by atoms with E-state index in [9.17, 15) is 0 Å². The highest BCUT2D eigenvalue weighted by Gasteiger charge is 2.32. The Morgan fingerprint density at radius 2 is 1.24 bits per heavy atom. The number of fused-ring (bicyclic) bond motifs is 5. The van der Waals surface area contributed by atoms with Gasteiger partial charge in [0.1, 0.15) is 5.82 Å². The van der Waals surface area contributed by atoms with Gasteiger partial charge in [0.2, 0.25) is 0 Å². The van der Waals surface area contributed by atoms with E-state index in [0.717, 1.165) is 66.6 Å².